The van der Waals surface area contributed by atoms with Crippen LogP contribution in [0.25, 0.3) is 0 Å². The molecule has 5 nitrogen and oxygen atoms in total. The molecule has 0 aliphatic heterocycles. The van der Waals surface area contributed by atoms with Crippen LogP contribution in [0.15, 0.2) is 24.3 Å². The lowest BCUT2D eigenvalue weighted by Crippen LogP contribution is -2.20. The Morgan fingerprint density at radius 3 is 2.47 bits per heavy atom. The maximum atomic E-state index is 11.8. The molecule has 1 aromatic rings. The maximum Gasteiger partial charge on any atom is 0.213 e. The van der Waals surface area contributed by atoms with Crippen molar-refractivity contribution in [2.75, 3.05) is 24.0 Å². The minimum Gasteiger partial charge on any atom is -0.317 e. The normalized spacial score (nSPS) is 10.9. The van der Waals surface area contributed by atoms with E-state index >= 15 is 0 Å². The maximum absolute atomic E-state index is 11.8. The number of rotatable bonds is 5. The molecule has 0 saturated heterocycles. The Hall–Kier alpha value is -1.69. The number of benzene rings is 1. The van der Waals surface area contributed by atoms with Gasteiger partial charge in [-0.2, -0.15) is 0 Å². The van der Waals surface area contributed by atoms with Crippen LogP contribution >= 0.6 is 0 Å². The summed E-state index contributed by atoms with van der Waals surface area (Å²) < 4.78 is 22.1. The van der Waals surface area contributed by atoms with E-state index in [1.54, 1.807) is 18.2 Å². The molecule has 1 aromatic carbocycles. The number of nitrogens with zero attached hydrogens (tertiary/aromatic N) is 1. The van der Waals surface area contributed by atoms with Crippen LogP contribution in [-0.2, 0) is 14.6 Å². The van der Waals surface area contributed by atoms with Crippen molar-refractivity contribution in [3.63, 3.8) is 0 Å². The van der Waals surface area contributed by atoms with Gasteiger partial charge in [-0.15, -0.1) is 0 Å². The van der Waals surface area contributed by atoms with Gasteiger partial charge in [0.1, 0.15) is 5.75 Å². The second-order valence-electron chi connectivity index (χ2n) is 3.73. The molecular formula is C11H13NO4S. The third-order valence-corrected chi connectivity index (χ3v) is 2.92. The van der Waals surface area contributed by atoms with E-state index in [9.17, 15) is 18.0 Å². The van der Waals surface area contributed by atoms with Gasteiger partial charge in [-0.1, -0.05) is 12.1 Å². The molecule has 0 unspecified atom stereocenters. The number of ketones is 1. The SMILES string of the molecule is CN(C=O)c1ccccc1C(=O)CS(C)(=O)=O. The Morgan fingerprint density at radius 1 is 1.35 bits per heavy atom. The van der Waals surface area contributed by atoms with E-state index in [2.05, 4.69) is 0 Å². The van der Waals surface area contributed by atoms with Crippen LogP contribution in [0.2, 0.25) is 0 Å². The van der Waals surface area contributed by atoms with E-state index in [4.69, 9.17) is 0 Å². The molecule has 0 radical (unpaired) electrons. The molecule has 0 aromatic heterocycles. The third-order valence-electron chi connectivity index (χ3n) is 2.14. The topological polar surface area (TPSA) is 71.5 Å². The first-order valence-electron chi connectivity index (χ1n) is 4.83. The predicted molar refractivity (Wildman–Crippen MR) is 65.0 cm³/mol. The molecule has 0 N–H and O–H groups in total. The van der Waals surface area contributed by atoms with Crippen LogP contribution in [0, 0.1) is 0 Å². The summed E-state index contributed by atoms with van der Waals surface area (Å²) in [5, 5.41) is 0. The highest BCUT2D eigenvalue weighted by Gasteiger charge is 2.17. The van der Waals surface area contributed by atoms with Crippen LogP contribution in [0.5, 0.6) is 0 Å². The van der Waals surface area contributed by atoms with Gasteiger partial charge in [0.2, 0.25) is 6.41 Å². The quantitative estimate of drug-likeness (QED) is 0.567. The number of hydrogen-bond acceptors (Lipinski definition) is 4. The van der Waals surface area contributed by atoms with Crippen LogP contribution < -0.4 is 4.90 Å². The molecule has 0 bridgehead atoms. The Balaban J connectivity index is 3.14. The van der Waals surface area contributed by atoms with Crippen LogP contribution in [-0.4, -0.2) is 39.7 Å². The number of carbonyl (C=O) groups is 2. The van der Waals surface area contributed by atoms with Gasteiger partial charge < -0.3 is 4.90 Å². The zero-order chi connectivity index (χ0) is 13.1. The highest BCUT2D eigenvalue weighted by molar-refractivity contribution is 7.91. The van der Waals surface area contributed by atoms with Crippen LogP contribution in [0.4, 0.5) is 5.69 Å². The molecule has 0 aliphatic carbocycles. The number of para-hydroxylation sites is 1. The van der Waals surface area contributed by atoms with Gasteiger partial charge in [0.05, 0.1) is 5.69 Å². The molecular weight excluding hydrogens is 242 g/mol. The predicted octanol–water partition coefficient (Wildman–Crippen LogP) is 0.507. The van der Waals surface area contributed by atoms with Crippen molar-refractivity contribution in [1.82, 2.24) is 0 Å². The van der Waals surface area contributed by atoms with Gasteiger partial charge >= 0.3 is 0 Å². The summed E-state index contributed by atoms with van der Waals surface area (Å²) >= 11 is 0. The van der Waals surface area contributed by atoms with E-state index in [-0.39, 0.29) is 5.56 Å². The molecule has 0 fully saturated rings. The summed E-state index contributed by atoms with van der Waals surface area (Å²) in [7, 11) is -1.88. The molecule has 0 heterocycles. The summed E-state index contributed by atoms with van der Waals surface area (Å²) in [6.45, 7) is 0. The average Bonchev–Trinajstić information content (AvgIpc) is 2.25. The van der Waals surface area contributed by atoms with Gasteiger partial charge in [-0.3, -0.25) is 9.59 Å². The number of sulfone groups is 1. The van der Waals surface area contributed by atoms with E-state index in [1.807, 2.05) is 0 Å². The number of anilines is 1. The Kier molecular flexibility index (Phi) is 4.01. The Bertz CT molecular complexity index is 536. The average molecular weight is 255 g/mol. The molecule has 6 heteroatoms. The first-order valence-corrected chi connectivity index (χ1v) is 6.89. The minimum atomic E-state index is -3.38. The fourth-order valence-corrected chi connectivity index (χ4v) is 2.02. The van der Waals surface area contributed by atoms with Crippen LogP contribution in [0.1, 0.15) is 10.4 Å². The van der Waals surface area contributed by atoms with Crippen molar-refractivity contribution in [1.29, 1.82) is 0 Å². The molecule has 1 amide bonds. The summed E-state index contributed by atoms with van der Waals surface area (Å²) in [4.78, 5) is 23.7. The number of Topliss-reactive ketones (excluding diaryl/α,β-unsaturated/α-hetero) is 1. The first-order chi connectivity index (χ1) is 7.85. The number of carbonyl (C=O) groups excluding carboxylic acids is 2. The minimum absolute atomic E-state index is 0.229. The van der Waals surface area contributed by atoms with Crippen molar-refractivity contribution < 1.29 is 18.0 Å². The summed E-state index contributed by atoms with van der Waals surface area (Å²) in [6, 6.07) is 6.39. The molecule has 0 aliphatic rings. The molecule has 92 valence electrons. The second kappa shape index (κ2) is 5.09. The van der Waals surface area contributed by atoms with Crippen molar-refractivity contribution in [3.8, 4) is 0 Å². The van der Waals surface area contributed by atoms with E-state index in [1.165, 1.54) is 18.0 Å². The summed E-state index contributed by atoms with van der Waals surface area (Å²) in [5.41, 5.74) is 0.628. The van der Waals surface area contributed by atoms with Gasteiger partial charge in [0, 0.05) is 18.9 Å². The molecule has 1 rings (SSSR count). The standard InChI is InChI=1S/C11H13NO4S/c1-12(8-13)10-6-4-3-5-9(10)11(14)7-17(2,15)16/h3-6,8H,7H2,1-2H3. The Labute approximate surface area is 100.0 Å². The summed E-state index contributed by atoms with van der Waals surface area (Å²) in [5.74, 6) is -1.08. The summed E-state index contributed by atoms with van der Waals surface area (Å²) in [6.07, 6.45) is 1.56. The van der Waals surface area contributed by atoms with Gasteiger partial charge in [0.25, 0.3) is 0 Å². The highest BCUT2D eigenvalue weighted by atomic mass is 32.2. The van der Waals surface area contributed by atoms with Crippen LogP contribution in [0.3, 0.4) is 0 Å². The highest BCUT2D eigenvalue weighted by Crippen LogP contribution is 2.19. The molecule has 0 saturated carbocycles. The molecule has 0 atom stereocenters. The largest absolute Gasteiger partial charge is 0.317 e. The molecule has 17 heavy (non-hydrogen) atoms. The van der Waals surface area contributed by atoms with Crippen molar-refractivity contribution in [2.24, 2.45) is 0 Å². The van der Waals surface area contributed by atoms with Crippen molar-refractivity contribution in [3.05, 3.63) is 29.8 Å². The smallest absolute Gasteiger partial charge is 0.213 e. The van der Waals surface area contributed by atoms with Gasteiger partial charge in [-0.25, -0.2) is 8.42 Å². The van der Waals surface area contributed by atoms with E-state index in [0.717, 1.165) is 6.26 Å². The lowest BCUT2D eigenvalue weighted by molar-refractivity contribution is -0.107. The van der Waals surface area contributed by atoms with Crippen molar-refractivity contribution >= 4 is 27.7 Å². The van der Waals surface area contributed by atoms with E-state index < -0.39 is 21.4 Å². The third kappa shape index (κ3) is 3.67. The zero-order valence-corrected chi connectivity index (χ0v) is 10.4. The Morgan fingerprint density at radius 2 is 1.94 bits per heavy atom. The monoisotopic (exact) mass is 255 g/mol. The van der Waals surface area contributed by atoms with Gasteiger partial charge in [0.15, 0.2) is 15.6 Å². The fraction of sp³-hybridized carbons (Fsp3) is 0.273. The first kappa shape index (κ1) is 13.4. The number of amides is 1. The number of hydrogen-bond donors (Lipinski definition) is 0. The lowest BCUT2D eigenvalue weighted by Gasteiger charge is -2.14. The molecule has 0 spiro atoms. The van der Waals surface area contributed by atoms with Crippen molar-refractivity contribution in [2.45, 2.75) is 0 Å². The van der Waals surface area contributed by atoms with E-state index in [0.29, 0.717) is 12.1 Å². The second-order valence-corrected chi connectivity index (χ2v) is 5.87. The zero-order valence-electron chi connectivity index (χ0n) is 9.58. The fourth-order valence-electron chi connectivity index (χ4n) is 1.39. The van der Waals surface area contributed by atoms with Gasteiger partial charge in [-0.05, 0) is 12.1 Å². The lowest BCUT2D eigenvalue weighted by atomic mass is 10.1.